The van der Waals surface area contributed by atoms with Gasteiger partial charge in [-0.05, 0) is 17.9 Å². The van der Waals surface area contributed by atoms with Crippen LogP contribution in [0.3, 0.4) is 0 Å². The summed E-state index contributed by atoms with van der Waals surface area (Å²) in [4.78, 5) is 2.53. The van der Waals surface area contributed by atoms with Crippen molar-refractivity contribution >= 4 is 0 Å². The fraction of sp³-hybridized carbons (Fsp3) is 0.571. The summed E-state index contributed by atoms with van der Waals surface area (Å²) in [5.41, 5.74) is 7.52. The van der Waals surface area contributed by atoms with Gasteiger partial charge in [-0.1, -0.05) is 44.2 Å². The van der Waals surface area contributed by atoms with Crippen LogP contribution in [-0.2, 0) is 0 Å². The van der Waals surface area contributed by atoms with E-state index in [0.717, 1.165) is 19.5 Å². The highest BCUT2D eigenvalue weighted by atomic mass is 15.2. The molecule has 16 heavy (non-hydrogen) atoms. The minimum absolute atomic E-state index is 0.345. The van der Waals surface area contributed by atoms with E-state index in [1.54, 1.807) is 0 Å². The minimum Gasteiger partial charge on any atom is -0.326 e. The number of nitrogens with two attached hydrogens (primary N) is 1. The van der Waals surface area contributed by atoms with E-state index < -0.39 is 0 Å². The molecule has 3 atom stereocenters. The lowest BCUT2D eigenvalue weighted by Gasteiger charge is -2.27. The third kappa shape index (κ3) is 2.28. The van der Waals surface area contributed by atoms with Crippen LogP contribution in [0.1, 0.15) is 31.9 Å². The number of likely N-dealkylation sites (tertiary alicyclic amines) is 1. The van der Waals surface area contributed by atoms with Crippen LogP contribution in [0.15, 0.2) is 30.3 Å². The van der Waals surface area contributed by atoms with Crippen molar-refractivity contribution < 1.29 is 0 Å². The molecule has 1 heterocycles. The molecule has 2 nitrogen and oxygen atoms in total. The molecule has 88 valence electrons. The lowest BCUT2D eigenvalue weighted by atomic mass is 10.0. The zero-order valence-electron chi connectivity index (χ0n) is 10.3. The van der Waals surface area contributed by atoms with E-state index in [1.807, 2.05) is 0 Å². The van der Waals surface area contributed by atoms with E-state index in [1.165, 1.54) is 5.56 Å². The molecule has 1 aliphatic rings. The largest absolute Gasteiger partial charge is 0.326 e. The van der Waals surface area contributed by atoms with Gasteiger partial charge in [-0.2, -0.15) is 0 Å². The quantitative estimate of drug-likeness (QED) is 0.844. The molecule has 2 rings (SSSR count). The van der Waals surface area contributed by atoms with E-state index >= 15 is 0 Å². The van der Waals surface area contributed by atoms with Crippen molar-refractivity contribution in [3.63, 3.8) is 0 Å². The van der Waals surface area contributed by atoms with Crippen molar-refractivity contribution in [2.75, 3.05) is 13.1 Å². The summed E-state index contributed by atoms with van der Waals surface area (Å²) in [5, 5.41) is 0. The van der Waals surface area contributed by atoms with Crippen molar-refractivity contribution in [2.24, 2.45) is 11.7 Å². The number of benzene rings is 1. The molecular formula is C14H22N2. The Bertz CT molecular complexity index is 313. The zero-order chi connectivity index (χ0) is 11.5. The van der Waals surface area contributed by atoms with Gasteiger partial charge < -0.3 is 5.73 Å². The Balaban J connectivity index is 2.12. The lowest BCUT2D eigenvalue weighted by Crippen LogP contribution is -2.30. The van der Waals surface area contributed by atoms with Crippen molar-refractivity contribution in [1.29, 1.82) is 0 Å². The van der Waals surface area contributed by atoms with Gasteiger partial charge in [-0.15, -0.1) is 0 Å². The van der Waals surface area contributed by atoms with E-state index in [9.17, 15) is 0 Å². The van der Waals surface area contributed by atoms with Crippen LogP contribution in [0.4, 0.5) is 0 Å². The number of nitrogens with zero attached hydrogens (tertiary/aromatic N) is 1. The van der Waals surface area contributed by atoms with Gasteiger partial charge in [-0.3, -0.25) is 4.90 Å². The number of hydrogen-bond acceptors (Lipinski definition) is 2. The summed E-state index contributed by atoms with van der Waals surface area (Å²) in [6, 6.07) is 11.7. The first-order chi connectivity index (χ1) is 7.72. The van der Waals surface area contributed by atoms with E-state index in [2.05, 4.69) is 49.1 Å². The first kappa shape index (κ1) is 11.6. The van der Waals surface area contributed by atoms with E-state index in [-0.39, 0.29) is 0 Å². The smallest absolute Gasteiger partial charge is 0.0346 e. The minimum atomic E-state index is 0.345. The Morgan fingerprint density at radius 3 is 2.50 bits per heavy atom. The van der Waals surface area contributed by atoms with Gasteiger partial charge in [0.2, 0.25) is 0 Å². The number of rotatable bonds is 3. The molecule has 2 heteroatoms. The maximum atomic E-state index is 6.10. The van der Waals surface area contributed by atoms with Crippen LogP contribution in [0.5, 0.6) is 0 Å². The van der Waals surface area contributed by atoms with E-state index in [4.69, 9.17) is 5.73 Å². The Kier molecular flexibility index (Phi) is 3.62. The van der Waals surface area contributed by atoms with Crippen LogP contribution in [0, 0.1) is 5.92 Å². The zero-order valence-corrected chi connectivity index (χ0v) is 10.3. The molecule has 0 bridgehead atoms. The van der Waals surface area contributed by atoms with Crippen molar-refractivity contribution in [3.8, 4) is 0 Å². The second-order valence-electron chi connectivity index (χ2n) is 4.93. The third-order valence-electron chi connectivity index (χ3n) is 3.71. The highest BCUT2D eigenvalue weighted by Gasteiger charge is 2.31. The molecule has 1 saturated heterocycles. The van der Waals surface area contributed by atoms with Crippen molar-refractivity contribution in [3.05, 3.63) is 35.9 Å². The average molecular weight is 218 g/mol. The maximum absolute atomic E-state index is 6.10. The summed E-state index contributed by atoms with van der Waals surface area (Å²) in [6.07, 6.45) is 1.16. The molecule has 0 aromatic heterocycles. The molecule has 1 fully saturated rings. The molecule has 1 aromatic carbocycles. The molecule has 1 aromatic rings. The van der Waals surface area contributed by atoms with Crippen LogP contribution >= 0.6 is 0 Å². The molecule has 0 aliphatic carbocycles. The Morgan fingerprint density at radius 1 is 1.31 bits per heavy atom. The second kappa shape index (κ2) is 4.98. The SMILES string of the molecule is CCC(c1ccccc1)N1CC(C)C(N)C1. The van der Waals surface area contributed by atoms with Gasteiger partial charge in [0.15, 0.2) is 0 Å². The summed E-state index contributed by atoms with van der Waals surface area (Å²) in [5.74, 6) is 0.623. The Morgan fingerprint density at radius 2 is 2.00 bits per heavy atom. The topological polar surface area (TPSA) is 29.3 Å². The third-order valence-corrected chi connectivity index (χ3v) is 3.71. The maximum Gasteiger partial charge on any atom is 0.0346 e. The van der Waals surface area contributed by atoms with E-state index in [0.29, 0.717) is 18.0 Å². The summed E-state index contributed by atoms with van der Waals surface area (Å²) in [6.45, 7) is 6.68. The summed E-state index contributed by atoms with van der Waals surface area (Å²) < 4.78 is 0. The van der Waals surface area contributed by atoms with Crippen LogP contribution in [-0.4, -0.2) is 24.0 Å². The molecule has 0 saturated carbocycles. The molecule has 1 aliphatic heterocycles. The Hall–Kier alpha value is -0.860. The molecule has 0 spiro atoms. The van der Waals surface area contributed by atoms with Gasteiger partial charge in [-0.25, -0.2) is 0 Å². The van der Waals surface area contributed by atoms with Gasteiger partial charge in [0.1, 0.15) is 0 Å². The molecular weight excluding hydrogens is 196 g/mol. The molecule has 0 amide bonds. The lowest BCUT2D eigenvalue weighted by molar-refractivity contribution is 0.231. The summed E-state index contributed by atoms with van der Waals surface area (Å²) in [7, 11) is 0. The first-order valence-corrected chi connectivity index (χ1v) is 6.27. The normalized spacial score (nSPS) is 28.2. The predicted molar refractivity (Wildman–Crippen MR) is 68.2 cm³/mol. The fourth-order valence-corrected chi connectivity index (χ4v) is 2.66. The predicted octanol–water partition coefficient (Wildman–Crippen LogP) is 2.42. The highest BCUT2D eigenvalue weighted by molar-refractivity contribution is 5.19. The Labute approximate surface area is 98.4 Å². The van der Waals surface area contributed by atoms with Gasteiger partial charge >= 0.3 is 0 Å². The molecule has 3 unspecified atom stereocenters. The van der Waals surface area contributed by atoms with Gasteiger partial charge in [0, 0.05) is 25.2 Å². The molecule has 2 N–H and O–H groups in total. The van der Waals surface area contributed by atoms with Gasteiger partial charge in [0.25, 0.3) is 0 Å². The van der Waals surface area contributed by atoms with Crippen LogP contribution < -0.4 is 5.73 Å². The summed E-state index contributed by atoms with van der Waals surface area (Å²) >= 11 is 0. The first-order valence-electron chi connectivity index (χ1n) is 6.27. The highest BCUT2D eigenvalue weighted by Crippen LogP contribution is 2.29. The van der Waals surface area contributed by atoms with Gasteiger partial charge in [0.05, 0.1) is 0 Å². The van der Waals surface area contributed by atoms with Crippen molar-refractivity contribution in [1.82, 2.24) is 4.90 Å². The number of hydrogen-bond donors (Lipinski definition) is 1. The average Bonchev–Trinajstić information content (AvgIpc) is 2.61. The monoisotopic (exact) mass is 218 g/mol. The molecule has 0 radical (unpaired) electrons. The van der Waals surface area contributed by atoms with Crippen molar-refractivity contribution in [2.45, 2.75) is 32.4 Å². The standard InChI is InChI=1S/C14H22N2/c1-3-14(12-7-5-4-6-8-12)16-9-11(2)13(15)10-16/h4-8,11,13-14H,3,9-10,15H2,1-2H3. The van der Waals surface area contributed by atoms with Crippen LogP contribution in [0.2, 0.25) is 0 Å². The second-order valence-corrected chi connectivity index (χ2v) is 4.93. The van der Waals surface area contributed by atoms with Crippen LogP contribution in [0.25, 0.3) is 0 Å². The fourth-order valence-electron chi connectivity index (χ4n) is 2.66.